The van der Waals surface area contributed by atoms with E-state index in [1.807, 2.05) is 27.3 Å². The molecule has 88 valence electrons. The number of hydrogen-bond donors (Lipinski definition) is 4. The van der Waals surface area contributed by atoms with Crippen molar-refractivity contribution in [2.24, 2.45) is 0 Å². The Morgan fingerprint density at radius 1 is 1.25 bits per heavy atom. The highest BCUT2D eigenvalue weighted by molar-refractivity contribution is 6.04. The lowest BCUT2D eigenvalue weighted by Gasteiger charge is -2.36. The summed E-state index contributed by atoms with van der Waals surface area (Å²) < 4.78 is 0. The van der Waals surface area contributed by atoms with Gasteiger partial charge in [-0.25, -0.2) is 0 Å². The molecule has 0 amide bonds. The van der Waals surface area contributed by atoms with E-state index in [4.69, 9.17) is 0 Å². The van der Waals surface area contributed by atoms with Gasteiger partial charge in [-0.3, -0.25) is 4.79 Å². The highest BCUT2D eigenvalue weighted by Crippen LogP contribution is 2.31. The van der Waals surface area contributed by atoms with Gasteiger partial charge >= 0.3 is 0 Å². The number of hydrogen-bond acceptors (Lipinski definition) is 4. The Balaban J connectivity index is 2.41. The van der Waals surface area contributed by atoms with E-state index in [1.54, 1.807) is 0 Å². The van der Waals surface area contributed by atoms with Crippen LogP contribution in [0.2, 0.25) is 0 Å². The maximum absolute atomic E-state index is 12.1. The van der Waals surface area contributed by atoms with Gasteiger partial charge in [-0.15, -0.1) is 0 Å². The van der Waals surface area contributed by atoms with Crippen molar-refractivity contribution in [2.75, 3.05) is 26.5 Å². The molecule has 4 N–H and O–H groups in total. The van der Waals surface area contributed by atoms with Gasteiger partial charge in [0, 0.05) is 31.8 Å². The molecule has 0 saturated carbocycles. The summed E-state index contributed by atoms with van der Waals surface area (Å²) in [5.41, 5.74) is 2.37. The molecule has 0 fully saturated rings. The topological polar surface area (TPSA) is 69.0 Å². The standard InChI is InChI=1S/C11H18N4O/c1-12-8-6-15-7-4-11(13-2,14-3)5-9(16)10(7)8/h6,12-15H,4-5H2,1-3H3. The molecule has 16 heavy (non-hydrogen) atoms. The zero-order chi connectivity index (χ0) is 11.8. The molecule has 1 aromatic heterocycles. The zero-order valence-electron chi connectivity index (χ0n) is 9.90. The fourth-order valence-corrected chi connectivity index (χ4v) is 2.33. The minimum atomic E-state index is -0.319. The van der Waals surface area contributed by atoms with Crippen molar-refractivity contribution in [3.63, 3.8) is 0 Å². The number of fused-ring (bicyclic) bond motifs is 1. The summed E-state index contributed by atoms with van der Waals surface area (Å²) in [5.74, 6) is 0.163. The zero-order valence-corrected chi connectivity index (χ0v) is 9.90. The third-order valence-corrected chi connectivity index (χ3v) is 3.41. The number of likely N-dealkylation sites (N-methyl/N-ethyl adjacent to an activating group) is 2. The van der Waals surface area contributed by atoms with Crippen LogP contribution >= 0.6 is 0 Å². The molecule has 5 heteroatoms. The molecule has 0 atom stereocenters. The van der Waals surface area contributed by atoms with E-state index in [0.29, 0.717) is 6.42 Å². The van der Waals surface area contributed by atoms with Gasteiger partial charge in [0.15, 0.2) is 5.78 Å². The van der Waals surface area contributed by atoms with Crippen LogP contribution in [0, 0.1) is 0 Å². The summed E-state index contributed by atoms with van der Waals surface area (Å²) in [6, 6.07) is 0. The normalized spacial score (nSPS) is 18.3. The van der Waals surface area contributed by atoms with Crippen LogP contribution in [0.5, 0.6) is 0 Å². The number of aromatic amines is 1. The van der Waals surface area contributed by atoms with Gasteiger partial charge in [0.1, 0.15) is 0 Å². The molecule has 1 heterocycles. The lowest BCUT2D eigenvalue weighted by Crippen LogP contribution is -2.58. The Bertz CT molecular complexity index is 406. The number of carbonyl (C=O) groups excluding carboxylic acids is 1. The minimum Gasteiger partial charge on any atom is -0.386 e. The smallest absolute Gasteiger partial charge is 0.169 e. The Labute approximate surface area is 95.0 Å². The molecular formula is C11H18N4O. The summed E-state index contributed by atoms with van der Waals surface area (Å²) in [4.78, 5) is 15.3. The van der Waals surface area contributed by atoms with Gasteiger partial charge in [-0.1, -0.05) is 0 Å². The maximum Gasteiger partial charge on any atom is 0.169 e. The number of ketones is 1. The number of H-pyrrole nitrogens is 1. The fraction of sp³-hybridized carbons (Fsp3) is 0.545. The van der Waals surface area contributed by atoms with Gasteiger partial charge in [-0.2, -0.15) is 0 Å². The van der Waals surface area contributed by atoms with Gasteiger partial charge in [0.05, 0.1) is 16.9 Å². The quantitative estimate of drug-likeness (QED) is 0.556. The summed E-state index contributed by atoms with van der Waals surface area (Å²) in [7, 11) is 5.57. The monoisotopic (exact) mass is 222 g/mol. The lowest BCUT2D eigenvalue weighted by molar-refractivity contribution is 0.0904. The van der Waals surface area contributed by atoms with Crippen LogP contribution in [-0.2, 0) is 6.42 Å². The number of anilines is 1. The molecule has 0 spiro atoms. The van der Waals surface area contributed by atoms with Gasteiger partial charge < -0.3 is 20.9 Å². The van der Waals surface area contributed by atoms with Crippen molar-refractivity contribution < 1.29 is 4.79 Å². The molecule has 0 aliphatic heterocycles. The predicted molar refractivity (Wildman–Crippen MR) is 63.8 cm³/mol. The van der Waals surface area contributed by atoms with Crippen LogP contribution in [0.4, 0.5) is 5.69 Å². The second-order valence-corrected chi connectivity index (χ2v) is 4.16. The number of nitrogens with one attached hydrogen (secondary N) is 4. The Hall–Kier alpha value is -1.33. The van der Waals surface area contributed by atoms with Crippen molar-refractivity contribution in [1.29, 1.82) is 0 Å². The summed E-state index contributed by atoms with van der Waals surface area (Å²) in [6.07, 6.45) is 3.10. The van der Waals surface area contributed by atoms with Crippen LogP contribution < -0.4 is 16.0 Å². The molecule has 0 aromatic carbocycles. The molecule has 0 saturated heterocycles. The molecular weight excluding hydrogens is 204 g/mol. The number of carbonyl (C=O) groups is 1. The Kier molecular flexibility index (Phi) is 2.73. The van der Waals surface area contributed by atoms with Crippen LogP contribution in [0.3, 0.4) is 0 Å². The average Bonchev–Trinajstić information content (AvgIpc) is 2.72. The third kappa shape index (κ3) is 1.52. The van der Waals surface area contributed by atoms with Crippen LogP contribution in [-0.4, -0.2) is 37.6 Å². The maximum atomic E-state index is 12.1. The first-order chi connectivity index (χ1) is 7.65. The summed E-state index contributed by atoms with van der Waals surface area (Å²) >= 11 is 0. The van der Waals surface area contributed by atoms with E-state index < -0.39 is 0 Å². The van der Waals surface area contributed by atoms with E-state index in [2.05, 4.69) is 20.9 Å². The van der Waals surface area contributed by atoms with Gasteiger partial charge in [-0.05, 0) is 14.1 Å². The number of Topliss-reactive ketones (excluding diaryl/α,β-unsaturated/α-hetero) is 1. The molecule has 0 radical (unpaired) electrons. The first kappa shape index (κ1) is 11.2. The minimum absolute atomic E-state index is 0.163. The van der Waals surface area contributed by atoms with Crippen LogP contribution in [0.15, 0.2) is 6.20 Å². The highest BCUT2D eigenvalue weighted by Gasteiger charge is 2.38. The van der Waals surface area contributed by atoms with Crippen LogP contribution in [0.25, 0.3) is 0 Å². The molecule has 0 unspecified atom stereocenters. The lowest BCUT2D eigenvalue weighted by atomic mass is 9.86. The van der Waals surface area contributed by atoms with Crippen LogP contribution in [0.1, 0.15) is 22.5 Å². The second kappa shape index (κ2) is 3.92. The second-order valence-electron chi connectivity index (χ2n) is 4.16. The van der Waals surface area contributed by atoms with Crippen molar-refractivity contribution in [3.8, 4) is 0 Å². The molecule has 2 rings (SSSR count). The van der Waals surface area contributed by atoms with Gasteiger partial charge in [0.2, 0.25) is 0 Å². The number of rotatable bonds is 3. The molecule has 5 nitrogen and oxygen atoms in total. The first-order valence-corrected chi connectivity index (χ1v) is 5.45. The van der Waals surface area contributed by atoms with E-state index >= 15 is 0 Å². The average molecular weight is 222 g/mol. The van der Waals surface area contributed by atoms with Gasteiger partial charge in [0.25, 0.3) is 0 Å². The van der Waals surface area contributed by atoms with E-state index in [9.17, 15) is 4.79 Å². The van der Waals surface area contributed by atoms with Crippen molar-refractivity contribution in [1.82, 2.24) is 15.6 Å². The predicted octanol–water partition coefficient (Wildman–Crippen LogP) is 0.320. The SMILES string of the molecule is CNc1c[nH]c2c1C(=O)CC(NC)(NC)C2. The van der Waals surface area contributed by atoms with Crippen molar-refractivity contribution in [2.45, 2.75) is 18.5 Å². The third-order valence-electron chi connectivity index (χ3n) is 3.41. The fourth-order valence-electron chi connectivity index (χ4n) is 2.33. The Morgan fingerprint density at radius 3 is 2.50 bits per heavy atom. The number of aromatic nitrogens is 1. The molecule has 1 aliphatic carbocycles. The van der Waals surface area contributed by atoms with Crippen molar-refractivity contribution >= 4 is 11.5 Å². The summed E-state index contributed by atoms with van der Waals surface area (Å²) in [5, 5.41) is 9.42. The summed E-state index contributed by atoms with van der Waals surface area (Å²) in [6.45, 7) is 0. The molecule has 0 bridgehead atoms. The highest BCUT2D eigenvalue weighted by atomic mass is 16.1. The molecule has 1 aromatic rings. The van der Waals surface area contributed by atoms with E-state index in [-0.39, 0.29) is 11.4 Å². The van der Waals surface area contributed by atoms with Crippen molar-refractivity contribution in [3.05, 3.63) is 17.5 Å². The Morgan fingerprint density at radius 2 is 1.94 bits per heavy atom. The van der Waals surface area contributed by atoms with E-state index in [1.165, 1.54) is 0 Å². The first-order valence-electron chi connectivity index (χ1n) is 5.45. The largest absolute Gasteiger partial charge is 0.386 e. The van der Waals surface area contributed by atoms with E-state index in [0.717, 1.165) is 23.4 Å². The molecule has 1 aliphatic rings.